The van der Waals surface area contributed by atoms with E-state index in [1.165, 1.54) is 6.07 Å². The first-order valence-electron chi connectivity index (χ1n) is 6.20. The molecule has 1 N–H and O–H groups in total. The van der Waals surface area contributed by atoms with Crippen molar-refractivity contribution in [2.45, 2.75) is 19.6 Å². The smallest absolute Gasteiger partial charge is 0.213 e. The van der Waals surface area contributed by atoms with E-state index in [0.29, 0.717) is 11.4 Å². The highest BCUT2D eigenvalue weighted by Crippen LogP contribution is 2.17. The standard InChI is InChI=1S/C15H17FN2O/c1-11(17-2)12-7-8-18-15(9-12)19-10-13-5-3-4-6-14(13)16/h3-9,11,17H,10H2,1-2H3. The molecular weight excluding hydrogens is 243 g/mol. The summed E-state index contributed by atoms with van der Waals surface area (Å²) in [4.78, 5) is 4.13. The molecule has 0 fully saturated rings. The molecule has 0 bridgehead atoms. The van der Waals surface area contributed by atoms with Crippen molar-refractivity contribution in [3.8, 4) is 5.88 Å². The molecule has 0 spiro atoms. The highest BCUT2D eigenvalue weighted by molar-refractivity contribution is 5.24. The molecule has 0 aliphatic carbocycles. The highest BCUT2D eigenvalue weighted by Gasteiger charge is 2.06. The monoisotopic (exact) mass is 260 g/mol. The van der Waals surface area contributed by atoms with E-state index in [-0.39, 0.29) is 18.5 Å². The molecule has 1 unspecified atom stereocenters. The van der Waals surface area contributed by atoms with Gasteiger partial charge in [0.25, 0.3) is 0 Å². The van der Waals surface area contributed by atoms with Crippen LogP contribution in [0.4, 0.5) is 4.39 Å². The quantitative estimate of drug-likeness (QED) is 0.897. The van der Waals surface area contributed by atoms with Crippen LogP contribution in [-0.2, 0) is 6.61 Å². The Bertz CT molecular complexity index is 545. The number of hydrogen-bond donors (Lipinski definition) is 1. The van der Waals surface area contributed by atoms with Crippen LogP contribution in [0.3, 0.4) is 0 Å². The van der Waals surface area contributed by atoms with Crippen molar-refractivity contribution in [3.05, 3.63) is 59.5 Å². The lowest BCUT2D eigenvalue weighted by atomic mass is 10.1. The highest BCUT2D eigenvalue weighted by atomic mass is 19.1. The molecule has 100 valence electrons. The molecule has 3 nitrogen and oxygen atoms in total. The number of nitrogens with one attached hydrogen (secondary N) is 1. The van der Waals surface area contributed by atoms with Crippen molar-refractivity contribution in [3.63, 3.8) is 0 Å². The van der Waals surface area contributed by atoms with E-state index >= 15 is 0 Å². The van der Waals surface area contributed by atoms with Crippen LogP contribution in [-0.4, -0.2) is 12.0 Å². The van der Waals surface area contributed by atoms with Crippen LogP contribution in [0.25, 0.3) is 0 Å². The minimum atomic E-state index is -0.262. The summed E-state index contributed by atoms with van der Waals surface area (Å²) in [5.41, 5.74) is 1.61. The summed E-state index contributed by atoms with van der Waals surface area (Å²) in [5.74, 6) is 0.241. The van der Waals surface area contributed by atoms with Crippen LogP contribution in [0.2, 0.25) is 0 Å². The Labute approximate surface area is 112 Å². The number of halogens is 1. The van der Waals surface area contributed by atoms with E-state index in [1.807, 2.05) is 19.2 Å². The average Bonchev–Trinajstić information content (AvgIpc) is 2.46. The lowest BCUT2D eigenvalue weighted by Gasteiger charge is -2.12. The molecule has 0 aliphatic heterocycles. The molecule has 1 heterocycles. The van der Waals surface area contributed by atoms with Gasteiger partial charge in [0.15, 0.2) is 0 Å². The van der Waals surface area contributed by atoms with E-state index in [4.69, 9.17) is 4.74 Å². The SMILES string of the molecule is CNC(C)c1ccnc(OCc2ccccc2F)c1. The molecule has 0 amide bonds. The topological polar surface area (TPSA) is 34.2 Å². The zero-order valence-corrected chi connectivity index (χ0v) is 11.1. The van der Waals surface area contributed by atoms with Gasteiger partial charge >= 0.3 is 0 Å². The van der Waals surface area contributed by atoms with Gasteiger partial charge in [-0.2, -0.15) is 0 Å². The summed E-state index contributed by atoms with van der Waals surface area (Å²) in [6.45, 7) is 2.23. The second kappa shape index (κ2) is 6.29. The van der Waals surface area contributed by atoms with Crippen LogP contribution >= 0.6 is 0 Å². The Balaban J connectivity index is 2.06. The lowest BCUT2D eigenvalue weighted by Crippen LogP contribution is -2.12. The van der Waals surface area contributed by atoms with Crippen molar-refractivity contribution < 1.29 is 9.13 Å². The predicted molar refractivity (Wildman–Crippen MR) is 72.4 cm³/mol. The van der Waals surface area contributed by atoms with Gasteiger partial charge in [0.2, 0.25) is 5.88 Å². The van der Waals surface area contributed by atoms with Crippen LogP contribution in [0.15, 0.2) is 42.6 Å². The minimum Gasteiger partial charge on any atom is -0.473 e. The van der Waals surface area contributed by atoms with E-state index < -0.39 is 0 Å². The number of nitrogens with zero attached hydrogens (tertiary/aromatic N) is 1. The molecule has 4 heteroatoms. The van der Waals surface area contributed by atoms with Crippen molar-refractivity contribution >= 4 is 0 Å². The third-order valence-electron chi connectivity index (χ3n) is 3.03. The molecule has 0 aliphatic rings. The Morgan fingerprint density at radius 2 is 2.11 bits per heavy atom. The summed E-state index contributed by atoms with van der Waals surface area (Å²) in [5, 5.41) is 3.15. The number of pyridine rings is 1. The Morgan fingerprint density at radius 3 is 2.84 bits per heavy atom. The first-order valence-corrected chi connectivity index (χ1v) is 6.20. The van der Waals surface area contributed by atoms with Gasteiger partial charge in [-0.15, -0.1) is 0 Å². The van der Waals surface area contributed by atoms with Gasteiger partial charge < -0.3 is 10.1 Å². The molecule has 2 rings (SSSR count). The fourth-order valence-corrected chi connectivity index (χ4v) is 1.71. The lowest BCUT2D eigenvalue weighted by molar-refractivity contribution is 0.287. The molecule has 1 aromatic heterocycles. The van der Waals surface area contributed by atoms with Crippen molar-refractivity contribution in [1.29, 1.82) is 0 Å². The molecule has 0 radical (unpaired) electrons. The van der Waals surface area contributed by atoms with E-state index in [1.54, 1.807) is 24.4 Å². The fourth-order valence-electron chi connectivity index (χ4n) is 1.71. The van der Waals surface area contributed by atoms with Gasteiger partial charge in [-0.25, -0.2) is 9.37 Å². The maximum absolute atomic E-state index is 13.4. The van der Waals surface area contributed by atoms with Gasteiger partial charge in [0.1, 0.15) is 12.4 Å². The van der Waals surface area contributed by atoms with Crippen LogP contribution < -0.4 is 10.1 Å². The molecule has 1 atom stereocenters. The van der Waals surface area contributed by atoms with Crippen molar-refractivity contribution in [2.75, 3.05) is 7.05 Å². The molecular formula is C15H17FN2O. The normalized spacial score (nSPS) is 12.2. The van der Waals surface area contributed by atoms with E-state index in [0.717, 1.165) is 5.56 Å². The summed E-state index contributed by atoms with van der Waals surface area (Å²) in [6.07, 6.45) is 1.69. The fraction of sp³-hybridized carbons (Fsp3) is 0.267. The number of rotatable bonds is 5. The summed E-state index contributed by atoms with van der Waals surface area (Å²) < 4.78 is 19.0. The molecule has 1 aromatic carbocycles. The van der Waals surface area contributed by atoms with Gasteiger partial charge in [0.05, 0.1) is 0 Å². The van der Waals surface area contributed by atoms with Crippen LogP contribution in [0, 0.1) is 5.82 Å². The third kappa shape index (κ3) is 3.51. The summed E-state index contributed by atoms with van der Waals surface area (Å²) in [7, 11) is 1.89. The maximum Gasteiger partial charge on any atom is 0.213 e. The third-order valence-corrected chi connectivity index (χ3v) is 3.03. The van der Waals surface area contributed by atoms with Gasteiger partial charge in [-0.05, 0) is 31.7 Å². The Hall–Kier alpha value is -1.94. The average molecular weight is 260 g/mol. The number of ether oxygens (including phenoxy) is 1. The zero-order chi connectivity index (χ0) is 13.7. The van der Waals surface area contributed by atoms with Crippen molar-refractivity contribution in [2.24, 2.45) is 0 Å². The van der Waals surface area contributed by atoms with E-state index in [9.17, 15) is 4.39 Å². The first kappa shape index (κ1) is 13.5. The summed E-state index contributed by atoms with van der Waals surface area (Å²) >= 11 is 0. The maximum atomic E-state index is 13.4. The number of hydrogen-bond acceptors (Lipinski definition) is 3. The Morgan fingerprint density at radius 1 is 1.32 bits per heavy atom. The zero-order valence-electron chi connectivity index (χ0n) is 11.1. The number of benzene rings is 1. The first-order chi connectivity index (χ1) is 9.20. The van der Waals surface area contributed by atoms with Gasteiger partial charge in [-0.1, -0.05) is 18.2 Å². The molecule has 19 heavy (non-hydrogen) atoms. The van der Waals surface area contributed by atoms with E-state index in [2.05, 4.69) is 17.2 Å². The second-order valence-electron chi connectivity index (χ2n) is 4.32. The molecule has 0 saturated carbocycles. The largest absolute Gasteiger partial charge is 0.473 e. The van der Waals surface area contributed by atoms with Crippen molar-refractivity contribution in [1.82, 2.24) is 10.3 Å². The molecule has 0 saturated heterocycles. The summed E-state index contributed by atoms with van der Waals surface area (Å²) in [6, 6.07) is 10.6. The predicted octanol–water partition coefficient (Wildman–Crippen LogP) is 3.08. The van der Waals surface area contributed by atoms with Gasteiger partial charge in [-0.3, -0.25) is 0 Å². The van der Waals surface area contributed by atoms with Crippen LogP contribution in [0.5, 0.6) is 5.88 Å². The van der Waals surface area contributed by atoms with Crippen LogP contribution in [0.1, 0.15) is 24.1 Å². The second-order valence-corrected chi connectivity index (χ2v) is 4.32. The van der Waals surface area contributed by atoms with Gasteiger partial charge in [0, 0.05) is 23.9 Å². The Kier molecular flexibility index (Phi) is 4.47. The minimum absolute atomic E-state index is 0.178. The molecule has 2 aromatic rings. The number of aromatic nitrogens is 1.